The monoisotopic (exact) mass is 249 g/mol. The molecule has 3 heteroatoms. The Balaban J connectivity index is 2.72. The van der Waals surface area contributed by atoms with Crippen LogP contribution in [0.5, 0.6) is 0 Å². The number of allylic oxidation sites excluding steroid dienone is 1. The SMILES string of the molecule is CC(C)=C(OC(C)C)O[Si](C)c1ccccc1. The van der Waals surface area contributed by atoms with Crippen LogP contribution in [-0.4, -0.2) is 15.1 Å². The van der Waals surface area contributed by atoms with Gasteiger partial charge in [0.15, 0.2) is 0 Å². The number of benzene rings is 1. The summed E-state index contributed by atoms with van der Waals surface area (Å²) in [5.74, 6) is 0.681. The zero-order valence-corrected chi connectivity index (χ0v) is 12.3. The second-order valence-corrected chi connectivity index (χ2v) is 6.37. The molecule has 0 atom stereocenters. The average molecular weight is 249 g/mol. The highest BCUT2D eigenvalue weighted by molar-refractivity contribution is 6.66. The minimum Gasteiger partial charge on any atom is -0.513 e. The molecule has 1 aromatic carbocycles. The van der Waals surface area contributed by atoms with E-state index in [2.05, 4.69) is 18.7 Å². The van der Waals surface area contributed by atoms with E-state index in [9.17, 15) is 0 Å². The zero-order valence-electron chi connectivity index (χ0n) is 11.3. The average Bonchev–Trinajstić information content (AvgIpc) is 2.28. The zero-order chi connectivity index (χ0) is 12.8. The fourth-order valence-corrected chi connectivity index (χ4v) is 2.64. The van der Waals surface area contributed by atoms with Crippen molar-refractivity contribution >= 4 is 14.2 Å². The summed E-state index contributed by atoms with van der Waals surface area (Å²) in [6.07, 6.45) is 0.144. The van der Waals surface area contributed by atoms with Crippen molar-refractivity contribution in [2.75, 3.05) is 0 Å². The molecule has 0 saturated carbocycles. The molecular weight excluding hydrogens is 228 g/mol. The first-order valence-electron chi connectivity index (χ1n) is 5.91. The lowest BCUT2D eigenvalue weighted by atomic mass is 10.4. The van der Waals surface area contributed by atoms with Crippen molar-refractivity contribution in [1.82, 2.24) is 0 Å². The lowest BCUT2D eigenvalue weighted by Gasteiger charge is -2.20. The van der Waals surface area contributed by atoms with Gasteiger partial charge in [0.25, 0.3) is 5.95 Å². The van der Waals surface area contributed by atoms with E-state index < -0.39 is 9.04 Å². The molecule has 17 heavy (non-hydrogen) atoms. The van der Waals surface area contributed by atoms with Gasteiger partial charge < -0.3 is 9.16 Å². The predicted octanol–water partition coefficient (Wildman–Crippen LogP) is 3.21. The van der Waals surface area contributed by atoms with E-state index in [1.54, 1.807) is 0 Å². The van der Waals surface area contributed by atoms with Gasteiger partial charge in [-0.3, -0.25) is 0 Å². The van der Waals surface area contributed by atoms with Gasteiger partial charge in [-0.1, -0.05) is 30.3 Å². The van der Waals surface area contributed by atoms with Crippen LogP contribution in [0.15, 0.2) is 41.9 Å². The third kappa shape index (κ3) is 4.65. The Morgan fingerprint density at radius 3 is 2.18 bits per heavy atom. The molecule has 0 saturated heterocycles. The maximum absolute atomic E-state index is 5.97. The van der Waals surface area contributed by atoms with Crippen LogP contribution in [0.25, 0.3) is 0 Å². The number of hydrogen-bond donors (Lipinski definition) is 0. The van der Waals surface area contributed by atoms with E-state index in [0.29, 0.717) is 5.95 Å². The molecule has 1 aromatic rings. The molecule has 0 fully saturated rings. The van der Waals surface area contributed by atoms with Crippen molar-refractivity contribution in [3.8, 4) is 0 Å². The van der Waals surface area contributed by atoms with E-state index in [0.717, 1.165) is 5.57 Å². The largest absolute Gasteiger partial charge is 0.513 e. The molecule has 1 rings (SSSR count). The third-order valence-corrected chi connectivity index (χ3v) is 3.82. The molecular formula is C14H21O2Si. The van der Waals surface area contributed by atoms with Gasteiger partial charge in [-0.05, 0) is 39.4 Å². The Labute approximate surface area is 106 Å². The molecule has 93 valence electrons. The van der Waals surface area contributed by atoms with Gasteiger partial charge in [-0.2, -0.15) is 0 Å². The second kappa shape index (κ2) is 6.50. The van der Waals surface area contributed by atoms with Crippen LogP contribution in [0.2, 0.25) is 6.55 Å². The van der Waals surface area contributed by atoms with Gasteiger partial charge in [0.05, 0.1) is 6.10 Å². The number of hydrogen-bond acceptors (Lipinski definition) is 2. The Kier molecular flexibility index (Phi) is 5.29. The molecule has 0 N–H and O–H groups in total. The van der Waals surface area contributed by atoms with Crippen molar-refractivity contribution in [1.29, 1.82) is 0 Å². The van der Waals surface area contributed by atoms with Crippen LogP contribution >= 0.6 is 0 Å². The highest BCUT2D eigenvalue weighted by Gasteiger charge is 2.15. The molecule has 0 heterocycles. The summed E-state index contributed by atoms with van der Waals surface area (Å²) in [5.41, 5.74) is 1.08. The first kappa shape index (κ1) is 13.8. The Hall–Kier alpha value is -1.22. The van der Waals surface area contributed by atoms with E-state index in [1.165, 1.54) is 5.19 Å². The minimum absolute atomic E-state index is 0.144. The fraction of sp³-hybridized carbons (Fsp3) is 0.429. The van der Waals surface area contributed by atoms with E-state index in [4.69, 9.17) is 9.16 Å². The summed E-state index contributed by atoms with van der Waals surface area (Å²) in [6.45, 7) is 10.2. The summed E-state index contributed by atoms with van der Waals surface area (Å²) >= 11 is 0. The summed E-state index contributed by atoms with van der Waals surface area (Å²) in [5, 5.41) is 1.25. The molecule has 0 aromatic heterocycles. The van der Waals surface area contributed by atoms with Gasteiger partial charge in [-0.15, -0.1) is 0 Å². The van der Waals surface area contributed by atoms with Gasteiger partial charge in [0.2, 0.25) is 0 Å². The van der Waals surface area contributed by atoms with E-state index >= 15 is 0 Å². The lowest BCUT2D eigenvalue weighted by molar-refractivity contribution is 0.0602. The van der Waals surface area contributed by atoms with Crippen LogP contribution in [0.3, 0.4) is 0 Å². The molecule has 0 bridgehead atoms. The molecule has 0 unspecified atom stereocenters. The van der Waals surface area contributed by atoms with Crippen molar-refractivity contribution < 1.29 is 9.16 Å². The predicted molar refractivity (Wildman–Crippen MR) is 73.4 cm³/mol. The van der Waals surface area contributed by atoms with E-state index in [1.807, 2.05) is 45.9 Å². The van der Waals surface area contributed by atoms with Crippen LogP contribution in [0.4, 0.5) is 0 Å². The Morgan fingerprint density at radius 1 is 1.12 bits per heavy atom. The molecule has 0 aliphatic heterocycles. The highest BCUT2D eigenvalue weighted by atomic mass is 28.3. The minimum atomic E-state index is -1.04. The summed E-state index contributed by atoms with van der Waals surface area (Å²) < 4.78 is 11.7. The van der Waals surface area contributed by atoms with Crippen molar-refractivity contribution in [2.45, 2.75) is 40.3 Å². The maximum Gasteiger partial charge on any atom is 0.317 e. The molecule has 0 aliphatic rings. The van der Waals surface area contributed by atoms with E-state index in [-0.39, 0.29) is 6.10 Å². The smallest absolute Gasteiger partial charge is 0.317 e. The normalized spacial score (nSPS) is 10.5. The standard InChI is InChI=1S/C14H21O2Si/c1-11(2)14(15-12(3)4)16-17(5)13-9-7-6-8-10-13/h6-10,12H,1-5H3. The van der Waals surface area contributed by atoms with Crippen molar-refractivity contribution in [3.05, 3.63) is 41.9 Å². The Bertz CT molecular complexity index is 367. The summed E-state index contributed by atoms with van der Waals surface area (Å²) in [6, 6.07) is 10.3. The van der Waals surface area contributed by atoms with Crippen LogP contribution in [-0.2, 0) is 9.16 Å². The number of ether oxygens (including phenoxy) is 1. The molecule has 0 amide bonds. The van der Waals surface area contributed by atoms with Gasteiger partial charge in [0, 0.05) is 5.57 Å². The van der Waals surface area contributed by atoms with Gasteiger partial charge in [-0.25, -0.2) is 0 Å². The topological polar surface area (TPSA) is 18.5 Å². The maximum atomic E-state index is 5.97. The molecule has 2 nitrogen and oxygen atoms in total. The second-order valence-electron chi connectivity index (χ2n) is 4.48. The van der Waals surface area contributed by atoms with Crippen LogP contribution in [0.1, 0.15) is 27.7 Å². The molecule has 0 aliphatic carbocycles. The quantitative estimate of drug-likeness (QED) is 0.589. The van der Waals surface area contributed by atoms with Crippen molar-refractivity contribution in [2.24, 2.45) is 0 Å². The van der Waals surface area contributed by atoms with Crippen molar-refractivity contribution in [3.63, 3.8) is 0 Å². The fourth-order valence-electron chi connectivity index (χ4n) is 1.33. The molecule has 1 radical (unpaired) electrons. The number of rotatable bonds is 5. The summed E-state index contributed by atoms with van der Waals surface area (Å²) in [4.78, 5) is 0. The third-order valence-electron chi connectivity index (χ3n) is 2.18. The lowest BCUT2D eigenvalue weighted by Crippen LogP contribution is -2.30. The molecule has 0 spiro atoms. The van der Waals surface area contributed by atoms with Gasteiger partial charge in [0.1, 0.15) is 0 Å². The van der Waals surface area contributed by atoms with Crippen LogP contribution in [0, 0.1) is 0 Å². The van der Waals surface area contributed by atoms with Gasteiger partial charge >= 0.3 is 9.04 Å². The first-order valence-corrected chi connectivity index (χ1v) is 7.82. The highest BCUT2D eigenvalue weighted by Crippen LogP contribution is 2.11. The first-order chi connectivity index (χ1) is 8.00. The van der Waals surface area contributed by atoms with Crippen LogP contribution < -0.4 is 5.19 Å². The summed E-state index contributed by atoms with van der Waals surface area (Å²) in [7, 11) is -1.04. The Morgan fingerprint density at radius 2 is 1.71 bits per heavy atom.